The van der Waals surface area contributed by atoms with Gasteiger partial charge < -0.3 is 10.1 Å². The van der Waals surface area contributed by atoms with Crippen molar-refractivity contribution in [1.29, 1.82) is 0 Å². The van der Waals surface area contributed by atoms with E-state index in [1.807, 2.05) is 0 Å². The fraction of sp³-hybridized carbons (Fsp3) is 1.00. The van der Waals surface area contributed by atoms with Crippen molar-refractivity contribution < 1.29 is 4.74 Å². The third-order valence-corrected chi connectivity index (χ3v) is 3.44. The summed E-state index contributed by atoms with van der Waals surface area (Å²) in [6, 6.07) is 0.642. The van der Waals surface area contributed by atoms with Gasteiger partial charge >= 0.3 is 0 Å². The van der Waals surface area contributed by atoms with Gasteiger partial charge in [0.05, 0.1) is 0 Å². The fourth-order valence-corrected chi connectivity index (χ4v) is 2.41. The highest BCUT2D eigenvalue weighted by molar-refractivity contribution is 4.76. The topological polar surface area (TPSA) is 24.5 Å². The number of nitrogens with one attached hydrogen (secondary N) is 1. The lowest BCUT2D eigenvalue weighted by Crippen LogP contribution is -2.46. The van der Waals surface area contributed by atoms with Crippen LogP contribution in [0.15, 0.2) is 0 Å². The molecule has 0 aromatic rings. The number of hydrogen-bond acceptors (Lipinski definition) is 3. The van der Waals surface area contributed by atoms with Crippen LogP contribution in [0, 0.1) is 11.8 Å². The van der Waals surface area contributed by atoms with E-state index in [0.717, 1.165) is 38.0 Å². The van der Waals surface area contributed by atoms with E-state index in [1.54, 1.807) is 7.11 Å². The third-order valence-electron chi connectivity index (χ3n) is 3.44. The highest BCUT2D eigenvalue weighted by Gasteiger charge is 2.21. The van der Waals surface area contributed by atoms with Gasteiger partial charge in [0.15, 0.2) is 0 Å². The first-order valence-corrected chi connectivity index (χ1v) is 6.57. The maximum Gasteiger partial charge on any atom is 0.0477 e. The Hall–Kier alpha value is -0.120. The zero-order valence-electron chi connectivity index (χ0n) is 11.3. The zero-order valence-corrected chi connectivity index (χ0v) is 11.3. The van der Waals surface area contributed by atoms with E-state index < -0.39 is 0 Å². The molecule has 0 amide bonds. The predicted molar refractivity (Wildman–Crippen MR) is 68.7 cm³/mol. The minimum Gasteiger partial charge on any atom is -0.385 e. The van der Waals surface area contributed by atoms with Gasteiger partial charge in [0.2, 0.25) is 0 Å². The molecule has 0 spiro atoms. The van der Waals surface area contributed by atoms with Crippen molar-refractivity contribution >= 4 is 0 Å². The minimum atomic E-state index is 0.642. The van der Waals surface area contributed by atoms with Crippen LogP contribution in [0.2, 0.25) is 0 Å². The van der Waals surface area contributed by atoms with Crippen molar-refractivity contribution in [2.24, 2.45) is 11.8 Å². The third kappa shape index (κ3) is 4.81. The highest BCUT2D eigenvalue weighted by atomic mass is 16.5. The van der Waals surface area contributed by atoms with E-state index in [1.165, 1.54) is 13.1 Å². The van der Waals surface area contributed by atoms with E-state index in [9.17, 15) is 0 Å². The first-order chi connectivity index (χ1) is 7.63. The highest BCUT2D eigenvalue weighted by Crippen LogP contribution is 2.13. The van der Waals surface area contributed by atoms with Gasteiger partial charge in [-0.05, 0) is 38.3 Å². The Morgan fingerprint density at radius 1 is 1.25 bits per heavy atom. The molecular weight excluding hydrogens is 200 g/mol. The largest absolute Gasteiger partial charge is 0.385 e. The molecule has 16 heavy (non-hydrogen) atoms. The number of nitrogens with zero attached hydrogens (tertiary/aromatic N) is 1. The Morgan fingerprint density at radius 2 is 1.81 bits per heavy atom. The first kappa shape index (κ1) is 13.9. The van der Waals surface area contributed by atoms with E-state index >= 15 is 0 Å². The summed E-state index contributed by atoms with van der Waals surface area (Å²) in [6.45, 7) is 12.6. The minimum absolute atomic E-state index is 0.642. The van der Waals surface area contributed by atoms with Crippen molar-refractivity contribution in [1.82, 2.24) is 10.2 Å². The summed E-state index contributed by atoms with van der Waals surface area (Å²) in [5, 5.41) is 3.54. The van der Waals surface area contributed by atoms with Gasteiger partial charge in [0, 0.05) is 32.8 Å². The summed E-state index contributed by atoms with van der Waals surface area (Å²) in [5.41, 5.74) is 0. The van der Waals surface area contributed by atoms with Crippen LogP contribution in [0.3, 0.4) is 0 Å². The fourth-order valence-electron chi connectivity index (χ4n) is 2.41. The average molecular weight is 228 g/mol. The molecule has 0 aromatic carbocycles. The quantitative estimate of drug-likeness (QED) is 0.791. The molecule has 1 N–H and O–H groups in total. The number of ether oxygens (including phenoxy) is 1. The molecule has 0 radical (unpaired) electrons. The van der Waals surface area contributed by atoms with Crippen LogP contribution < -0.4 is 5.32 Å². The molecule has 0 bridgehead atoms. The lowest BCUT2D eigenvalue weighted by molar-refractivity contribution is 0.107. The molecule has 3 heteroatoms. The molecule has 1 saturated heterocycles. The van der Waals surface area contributed by atoms with Crippen LogP contribution in [0.25, 0.3) is 0 Å². The second-order valence-electron chi connectivity index (χ2n) is 5.45. The molecule has 1 fully saturated rings. The molecule has 1 rings (SSSR count). The summed E-state index contributed by atoms with van der Waals surface area (Å²) in [6.07, 6.45) is 1.14. The molecule has 0 aromatic heterocycles. The van der Waals surface area contributed by atoms with Crippen LogP contribution in [-0.2, 0) is 4.74 Å². The molecule has 0 aliphatic carbocycles. The van der Waals surface area contributed by atoms with Gasteiger partial charge in [0.25, 0.3) is 0 Å². The SMILES string of the molecule is COCCC(C)N1CC(C)CNCC(C)C1. The van der Waals surface area contributed by atoms with Gasteiger partial charge in [-0.3, -0.25) is 4.90 Å². The van der Waals surface area contributed by atoms with Gasteiger partial charge in [-0.25, -0.2) is 0 Å². The van der Waals surface area contributed by atoms with Gasteiger partial charge in [-0.15, -0.1) is 0 Å². The smallest absolute Gasteiger partial charge is 0.0477 e. The van der Waals surface area contributed by atoms with Crippen molar-refractivity contribution in [3.8, 4) is 0 Å². The van der Waals surface area contributed by atoms with Crippen LogP contribution >= 0.6 is 0 Å². The van der Waals surface area contributed by atoms with E-state index in [-0.39, 0.29) is 0 Å². The van der Waals surface area contributed by atoms with Crippen LogP contribution in [0.1, 0.15) is 27.2 Å². The number of methoxy groups -OCH3 is 1. The Labute approximate surface area is 101 Å². The van der Waals surface area contributed by atoms with Crippen molar-refractivity contribution in [3.05, 3.63) is 0 Å². The summed E-state index contributed by atoms with van der Waals surface area (Å²) in [5.74, 6) is 1.50. The van der Waals surface area contributed by atoms with E-state index in [2.05, 4.69) is 31.0 Å². The number of hydrogen-bond donors (Lipinski definition) is 1. The molecule has 1 aliphatic heterocycles. The summed E-state index contributed by atoms with van der Waals surface area (Å²) in [7, 11) is 1.79. The molecule has 1 heterocycles. The number of rotatable bonds is 4. The van der Waals surface area contributed by atoms with Crippen molar-refractivity contribution in [3.63, 3.8) is 0 Å². The van der Waals surface area contributed by atoms with Gasteiger partial charge in [-0.1, -0.05) is 13.8 Å². The molecule has 96 valence electrons. The standard InChI is InChI=1S/C13H28N2O/c1-11-7-14-8-12(2)10-15(9-11)13(3)5-6-16-4/h11-14H,5-10H2,1-4H3. The van der Waals surface area contributed by atoms with Crippen LogP contribution in [-0.4, -0.2) is 50.8 Å². The van der Waals surface area contributed by atoms with Gasteiger partial charge in [-0.2, -0.15) is 0 Å². The first-order valence-electron chi connectivity index (χ1n) is 6.57. The molecular formula is C13H28N2O. The second kappa shape index (κ2) is 7.25. The average Bonchev–Trinajstić information content (AvgIpc) is 2.22. The molecule has 1 aliphatic rings. The van der Waals surface area contributed by atoms with Crippen molar-refractivity contribution in [2.45, 2.75) is 33.2 Å². The maximum absolute atomic E-state index is 5.17. The molecule has 3 atom stereocenters. The predicted octanol–water partition coefficient (Wildman–Crippen LogP) is 1.59. The van der Waals surface area contributed by atoms with Crippen molar-refractivity contribution in [2.75, 3.05) is 39.9 Å². The summed E-state index contributed by atoms with van der Waals surface area (Å²) < 4.78 is 5.17. The monoisotopic (exact) mass is 228 g/mol. The van der Waals surface area contributed by atoms with Gasteiger partial charge in [0.1, 0.15) is 0 Å². The Kier molecular flexibility index (Phi) is 6.32. The normalized spacial score (nSPS) is 30.8. The summed E-state index contributed by atoms with van der Waals surface area (Å²) in [4.78, 5) is 2.63. The Morgan fingerprint density at radius 3 is 2.31 bits per heavy atom. The summed E-state index contributed by atoms with van der Waals surface area (Å²) >= 11 is 0. The molecule has 3 unspecified atom stereocenters. The van der Waals surface area contributed by atoms with E-state index in [4.69, 9.17) is 4.74 Å². The molecule has 3 nitrogen and oxygen atoms in total. The Balaban J connectivity index is 2.45. The Bertz CT molecular complexity index is 175. The molecule has 0 saturated carbocycles. The zero-order chi connectivity index (χ0) is 12.0. The van der Waals surface area contributed by atoms with E-state index in [0.29, 0.717) is 6.04 Å². The lowest BCUT2D eigenvalue weighted by atomic mass is 10.0. The van der Waals surface area contributed by atoms with Crippen LogP contribution in [0.4, 0.5) is 0 Å². The maximum atomic E-state index is 5.17. The van der Waals surface area contributed by atoms with Crippen LogP contribution in [0.5, 0.6) is 0 Å². The second-order valence-corrected chi connectivity index (χ2v) is 5.45. The lowest BCUT2D eigenvalue weighted by Gasteiger charge is -2.36.